The van der Waals surface area contributed by atoms with Gasteiger partial charge in [0.05, 0.1) is 24.8 Å². The van der Waals surface area contributed by atoms with Crippen molar-refractivity contribution in [2.45, 2.75) is 50.6 Å². The predicted molar refractivity (Wildman–Crippen MR) is 159 cm³/mol. The first-order valence-corrected chi connectivity index (χ1v) is 15.2. The number of hydrogen-bond donors (Lipinski definition) is 1. The highest BCUT2D eigenvalue weighted by molar-refractivity contribution is 7.92. The van der Waals surface area contributed by atoms with Crippen molar-refractivity contribution in [1.82, 2.24) is 10.2 Å². The van der Waals surface area contributed by atoms with Crippen LogP contribution in [0.5, 0.6) is 11.5 Å². The van der Waals surface area contributed by atoms with Crippen molar-refractivity contribution in [2.24, 2.45) is 0 Å². The van der Waals surface area contributed by atoms with Crippen molar-refractivity contribution in [3.63, 3.8) is 0 Å². The third-order valence-corrected chi connectivity index (χ3v) is 8.52. The van der Waals surface area contributed by atoms with Crippen molar-refractivity contribution in [1.29, 1.82) is 0 Å². The molecule has 0 aromatic heterocycles. The summed E-state index contributed by atoms with van der Waals surface area (Å²) in [6, 6.07) is 17.1. The number of hydrogen-bond acceptors (Lipinski definition) is 6. The van der Waals surface area contributed by atoms with Crippen LogP contribution >= 0.6 is 0 Å². The first-order chi connectivity index (χ1) is 20.2. The van der Waals surface area contributed by atoms with Crippen molar-refractivity contribution in [2.75, 3.05) is 31.6 Å². The SMILES string of the molecule is CCCCNC(=O)C(CC)N(Cc1ccc(F)cc1)C(=O)CN(c1cc(OC)ccc1OC)S(=O)(=O)c1ccccc1. The summed E-state index contributed by atoms with van der Waals surface area (Å²) in [6.45, 7) is 3.55. The summed E-state index contributed by atoms with van der Waals surface area (Å²) < 4.78 is 53.5. The maximum absolute atomic E-state index is 14.2. The van der Waals surface area contributed by atoms with E-state index in [4.69, 9.17) is 9.47 Å². The number of halogens is 1. The van der Waals surface area contributed by atoms with Crippen LogP contribution in [0.1, 0.15) is 38.7 Å². The summed E-state index contributed by atoms with van der Waals surface area (Å²) in [7, 11) is -1.45. The Kier molecular flexibility index (Phi) is 11.7. The molecule has 3 rings (SSSR count). The lowest BCUT2D eigenvalue weighted by atomic mass is 10.1. The molecule has 0 aliphatic heterocycles. The monoisotopic (exact) mass is 599 g/mol. The minimum Gasteiger partial charge on any atom is -0.497 e. The van der Waals surface area contributed by atoms with Crippen LogP contribution in [0.15, 0.2) is 77.7 Å². The average molecular weight is 600 g/mol. The third-order valence-electron chi connectivity index (χ3n) is 6.75. The molecule has 42 heavy (non-hydrogen) atoms. The van der Waals surface area contributed by atoms with E-state index < -0.39 is 34.3 Å². The summed E-state index contributed by atoms with van der Waals surface area (Å²) in [5.74, 6) is -0.848. The Hall–Kier alpha value is -4.12. The normalized spacial score (nSPS) is 11.8. The molecule has 0 heterocycles. The number of ether oxygens (including phenoxy) is 2. The van der Waals surface area contributed by atoms with Gasteiger partial charge in [-0.1, -0.05) is 50.6 Å². The molecule has 0 fully saturated rings. The second-order valence-corrected chi connectivity index (χ2v) is 11.4. The highest BCUT2D eigenvalue weighted by atomic mass is 32.2. The van der Waals surface area contributed by atoms with Crippen LogP contribution in [0, 0.1) is 5.82 Å². The van der Waals surface area contributed by atoms with E-state index in [9.17, 15) is 22.4 Å². The van der Waals surface area contributed by atoms with Crippen molar-refractivity contribution in [3.05, 3.63) is 84.2 Å². The molecule has 0 aliphatic carbocycles. The van der Waals surface area contributed by atoms with E-state index >= 15 is 0 Å². The molecule has 0 spiro atoms. The van der Waals surface area contributed by atoms with E-state index in [0.29, 0.717) is 17.9 Å². The molecule has 2 amide bonds. The van der Waals surface area contributed by atoms with Crippen LogP contribution in [0.4, 0.5) is 10.1 Å². The maximum atomic E-state index is 14.2. The molecular weight excluding hydrogens is 561 g/mol. The number of rotatable bonds is 15. The van der Waals surface area contributed by atoms with Gasteiger partial charge in [0, 0.05) is 19.2 Å². The van der Waals surface area contributed by atoms with E-state index in [1.54, 1.807) is 37.3 Å². The number of sulfonamides is 1. The molecule has 3 aromatic rings. The highest BCUT2D eigenvalue weighted by Crippen LogP contribution is 2.36. The van der Waals surface area contributed by atoms with Gasteiger partial charge in [-0.15, -0.1) is 0 Å². The van der Waals surface area contributed by atoms with Crippen LogP contribution in [-0.4, -0.2) is 58.5 Å². The van der Waals surface area contributed by atoms with E-state index in [0.717, 1.165) is 17.1 Å². The second kappa shape index (κ2) is 15.2. The zero-order chi connectivity index (χ0) is 30.7. The van der Waals surface area contributed by atoms with Crippen LogP contribution in [0.3, 0.4) is 0 Å². The van der Waals surface area contributed by atoms with E-state index in [1.165, 1.54) is 61.6 Å². The number of benzene rings is 3. The molecule has 0 bridgehead atoms. The number of nitrogens with zero attached hydrogens (tertiary/aromatic N) is 2. The van der Waals surface area contributed by atoms with Gasteiger partial charge in [0.1, 0.15) is 29.9 Å². The molecule has 1 atom stereocenters. The Morgan fingerprint density at radius 1 is 0.952 bits per heavy atom. The van der Waals surface area contributed by atoms with E-state index in [-0.39, 0.29) is 35.2 Å². The van der Waals surface area contributed by atoms with Gasteiger partial charge in [-0.05, 0) is 54.8 Å². The predicted octanol–water partition coefficient (Wildman–Crippen LogP) is 4.76. The minimum absolute atomic E-state index is 0.0305. The van der Waals surface area contributed by atoms with Crippen molar-refractivity contribution in [3.8, 4) is 11.5 Å². The fraction of sp³-hybridized carbons (Fsp3) is 0.355. The Labute approximate surface area is 247 Å². The number of nitrogens with one attached hydrogen (secondary N) is 1. The Morgan fingerprint density at radius 2 is 1.64 bits per heavy atom. The molecule has 1 N–H and O–H groups in total. The molecular formula is C31H38FN3O6S. The number of amides is 2. The quantitative estimate of drug-likeness (QED) is 0.253. The Morgan fingerprint density at radius 3 is 2.24 bits per heavy atom. The molecule has 3 aromatic carbocycles. The van der Waals surface area contributed by atoms with Crippen LogP contribution in [0.25, 0.3) is 0 Å². The zero-order valence-electron chi connectivity index (χ0n) is 24.4. The number of unbranched alkanes of at least 4 members (excludes halogenated alkanes) is 1. The molecule has 0 saturated carbocycles. The zero-order valence-corrected chi connectivity index (χ0v) is 25.2. The van der Waals surface area contributed by atoms with E-state index in [1.807, 2.05) is 6.92 Å². The third kappa shape index (κ3) is 8.00. The van der Waals surface area contributed by atoms with Gasteiger partial charge in [-0.25, -0.2) is 12.8 Å². The fourth-order valence-corrected chi connectivity index (χ4v) is 5.87. The molecule has 11 heteroatoms. The van der Waals surface area contributed by atoms with Gasteiger partial charge in [0.15, 0.2) is 0 Å². The molecule has 0 saturated heterocycles. The number of carbonyl (C=O) groups is 2. The molecule has 9 nitrogen and oxygen atoms in total. The standard InChI is InChI=1S/C31H38FN3O6S/c1-5-7-19-33-31(37)27(6-2)34(21-23-13-15-24(32)16-14-23)30(36)22-35(42(38,39)26-11-9-8-10-12-26)28-20-25(40-3)17-18-29(28)41-4/h8-18,20,27H,5-7,19,21-22H2,1-4H3,(H,33,37). The molecule has 0 radical (unpaired) electrons. The van der Waals surface area contributed by atoms with Gasteiger partial charge in [0.25, 0.3) is 10.0 Å². The molecule has 0 aliphatic rings. The lowest BCUT2D eigenvalue weighted by Crippen LogP contribution is -2.52. The maximum Gasteiger partial charge on any atom is 0.264 e. The highest BCUT2D eigenvalue weighted by Gasteiger charge is 2.35. The lowest BCUT2D eigenvalue weighted by molar-refractivity contribution is -0.140. The van der Waals surface area contributed by atoms with E-state index in [2.05, 4.69) is 5.32 Å². The average Bonchev–Trinajstić information content (AvgIpc) is 3.00. The number of carbonyl (C=O) groups excluding carboxylic acids is 2. The smallest absolute Gasteiger partial charge is 0.264 e. The first kappa shape index (κ1) is 32.4. The summed E-state index contributed by atoms with van der Waals surface area (Å²) in [4.78, 5) is 28.7. The second-order valence-electron chi connectivity index (χ2n) is 9.58. The van der Waals surface area contributed by atoms with Crippen LogP contribution in [0.2, 0.25) is 0 Å². The molecule has 1 unspecified atom stereocenters. The lowest BCUT2D eigenvalue weighted by Gasteiger charge is -2.33. The van der Waals surface area contributed by atoms with Gasteiger partial charge < -0.3 is 19.7 Å². The topological polar surface area (TPSA) is 105 Å². The van der Waals surface area contributed by atoms with Crippen LogP contribution < -0.4 is 19.1 Å². The first-order valence-electron chi connectivity index (χ1n) is 13.8. The van der Waals surface area contributed by atoms with Crippen molar-refractivity contribution >= 4 is 27.5 Å². The Balaban J connectivity index is 2.10. The summed E-state index contributed by atoms with van der Waals surface area (Å²) >= 11 is 0. The van der Waals surface area contributed by atoms with Gasteiger partial charge in [0.2, 0.25) is 11.8 Å². The van der Waals surface area contributed by atoms with Gasteiger partial charge >= 0.3 is 0 Å². The van der Waals surface area contributed by atoms with Crippen LogP contribution in [-0.2, 0) is 26.2 Å². The minimum atomic E-state index is -4.29. The fourth-order valence-electron chi connectivity index (χ4n) is 4.44. The summed E-state index contributed by atoms with van der Waals surface area (Å²) in [5, 5.41) is 2.88. The Bertz CT molecular complexity index is 1430. The summed E-state index contributed by atoms with van der Waals surface area (Å²) in [5.41, 5.74) is 0.678. The molecule has 226 valence electrons. The van der Waals surface area contributed by atoms with Gasteiger partial charge in [-0.3, -0.25) is 13.9 Å². The number of methoxy groups -OCH3 is 2. The van der Waals surface area contributed by atoms with Crippen molar-refractivity contribution < 1.29 is 31.9 Å². The van der Waals surface area contributed by atoms with Gasteiger partial charge in [-0.2, -0.15) is 0 Å². The summed E-state index contributed by atoms with van der Waals surface area (Å²) in [6.07, 6.45) is 1.93. The largest absolute Gasteiger partial charge is 0.497 e. The number of anilines is 1.